The highest BCUT2D eigenvalue weighted by atomic mass is 32.2. The molecular formula is C19H26N4O3S. The van der Waals surface area contributed by atoms with Crippen LogP contribution in [0.4, 0.5) is 17.2 Å². The van der Waals surface area contributed by atoms with Gasteiger partial charge in [-0.05, 0) is 52.0 Å². The Balaban J connectivity index is 1.78. The molecule has 1 aromatic heterocycles. The fourth-order valence-corrected chi connectivity index (χ4v) is 3.15. The van der Waals surface area contributed by atoms with E-state index in [0.717, 1.165) is 24.5 Å². The van der Waals surface area contributed by atoms with Gasteiger partial charge in [-0.2, -0.15) is 0 Å². The van der Waals surface area contributed by atoms with Crippen molar-refractivity contribution in [3.05, 3.63) is 36.1 Å². The standard InChI is InChI=1S/C19H26N4O3S/c1-5-23(6-2)16-9-7-15(8-10-16)20-18(24)12-27-14(4)19(25)21-17-11-13(3)26-22-17/h7-11,14H,5-6,12H2,1-4H3,(H,20,24)(H,21,22,25). The Morgan fingerprint density at radius 3 is 2.41 bits per heavy atom. The zero-order valence-corrected chi connectivity index (χ0v) is 16.9. The van der Waals surface area contributed by atoms with Gasteiger partial charge in [-0.25, -0.2) is 0 Å². The Labute approximate surface area is 163 Å². The highest BCUT2D eigenvalue weighted by Gasteiger charge is 2.17. The van der Waals surface area contributed by atoms with Crippen molar-refractivity contribution in [3.8, 4) is 0 Å². The second kappa shape index (κ2) is 10.0. The van der Waals surface area contributed by atoms with Gasteiger partial charge in [0.25, 0.3) is 0 Å². The fraction of sp³-hybridized carbons (Fsp3) is 0.421. The predicted octanol–water partition coefficient (Wildman–Crippen LogP) is 3.53. The van der Waals surface area contributed by atoms with Crippen LogP contribution in [0.1, 0.15) is 26.5 Å². The van der Waals surface area contributed by atoms with Gasteiger partial charge in [0.2, 0.25) is 11.8 Å². The van der Waals surface area contributed by atoms with Crippen LogP contribution in [0.3, 0.4) is 0 Å². The second-order valence-electron chi connectivity index (χ2n) is 6.03. The van der Waals surface area contributed by atoms with Crippen molar-refractivity contribution in [2.45, 2.75) is 32.9 Å². The van der Waals surface area contributed by atoms with Crippen molar-refractivity contribution in [1.29, 1.82) is 0 Å². The van der Waals surface area contributed by atoms with Gasteiger partial charge in [-0.3, -0.25) is 9.59 Å². The normalized spacial score (nSPS) is 11.7. The SMILES string of the molecule is CCN(CC)c1ccc(NC(=O)CSC(C)C(=O)Nc2cc(C)on2)cc1. The summed E-state index contributed by atoms with van der Waals surface area (Å²) in [5, 5.41) is 8.85. The molecule has 0 bridgehead atoms. The molecule has 2 rings (SSSR count). The lowest BCUT2D eigenvalue weighted by atomic mass is 10.2. The number of hydrogen-bond donors (Lipinski definition) is 2. The summed E-state index contributed by atoms with van der Waals surface area (Å²) in [6.07, 6.45) is 0. The molecule has 1 aromatic carbocycles. The number of amides is 2. The quantitative estimate of drug-likeness (QED) is 0.681. The molecule has 0 aliphatic heterocycles. The van der Waals surface area contributed by atoms with E-state index < -0.39 is 5.25 Å². The van der Waals surface area contributed by atoms with Gasteiger partial charge in [0.1, 0.15) is 5.76 Å². The zero-order chi connectivity index (χ0) is 19.8. The molecule has 146 valence electrons. The number of carbonyl (C=O) groups excluding carboxylic acids is 2. The van der Waals surface area contributed by atoms with E-state index in [-0.39, 0.29) is 17.6 Å². The molecule has 0 radical (unpaired) electrons. The summed E-state index contributed by atoms with van der Waals surface area (Å²) in [5.41, 5.74) is 1.87. The Bertz CT molecular complexity index is 757. The minimum Gasteiger partial charge on any atom is -0.372 e. The van der Waals surface area contributed by atoms with Crippen molar-refractivity contribution in [2.24, 2.45) is 0 Å². The summed E-state index contributed by atoms with van der Waals surface area (Å²) in [4.78, 5) is 26.5. The predicted molar refractivity (Wildman–Crippen MR) is 110 cm³/mol. The lowest BCUT2D eigenvalue weighted by Gasteiger charge is -2.21. The first-order valence-electron chi connectivity index (χ1n) is 8.93. The van der Waals surface area contributed by atoms with Gasteiger partial charge in [-0.15, -0.1) is 11.8 Å². The summed E-state index contributed by atoms with van der Waals surface area (Å²) in [6, 6.07) is 9.40. The first-order chi connectivity index (χ1) is 12.9. The molecule has 0 aliphatic rings. The summed E-state index contributed by atoms with van der Waals surface area (Å²) >= 11 is 1.26. The molecule has 2 aromatic rings. The number of nitrogens with zero attached hydrogens (tertiary/aromatic N) is 2. The number of thioether (sulfide) groups is 1. The van der Waals surface area contributed by atoms with Gasteiger partial charge in [-0.1, -0.05) is 5.16 Å². The minimum absolute atomic E-state index is 0.146. The molecule has 1 unspecified atom stereocenters. The van der Waals surface area contributed by atoms with E-state index in [4.69, 9.17) is 4.52 Å². The van der Waals surface area contributed by atoms with E-state index in [1.165, 1.54) is 11.8 Å². The van der Waals surface area contributed by atoms with Crippen LogP contribution >= 0.6 is 11.8 Å². The van der Waals surface area contributed by atoms with Crippen molar-refractivity contribution in [1.82, 2.24) is 5.16 Å². The molecule has 0 aliphatic carbocycles. The Morgan fingerprint density at radius 2 is 1.85 bits per heavy atom. The van der Waals surface area contributed by atoms with E-state index in [1.807, 2.05) is 24.3 Å². The fourth-order valence-electron chi connectivity index (χ4n) is 2.47. The monoisotopic (exact) mass is 390 g/mol. The average Bonchev–Trinajstić information content (AvgIpc) is 3.06. The lowest BCUT2D eigenvalue weighted by Crippen LogP contribution is -2.25. The highest BCUT2D eigenvalue weighted by molar-refractivity contribution is 8.01. The summed E-state index contributed by atoms with van der Waals surface area (Å²) in [7, 11) is 0. The smallest absolute Gasteiger partial charge is 0.238 e. The number of aryl methyl sites for hydroxylation is 1. The van der Waals surface area contributed by atoms with Crippen LogP contribution in [0.25, 0.3) is 0 Å². The van der Waals surface area contributed by atoms with Gasteiger partial charge in [0.15, 0.2) is 5.82 Å². The number of benzene rings is 1. The molecule has 1 heterocycles. The van der Waals surface area contributed by atoms with Crippen LogP contribution in [0.5, 0.6) is 0 Å². The summed E-state index contributed by atoms with van der Waals surface area (Å²) < 4.78 is 4.91. The van der Waals surface area contributed by atoms with E-state index in [2.05, 4.69) is 34.5 Å². The minimum atomic E-state index is -0.391. The topological polar surface area (TPSA) is 87.5 Å². The molecule has 8 heteroatoms. The molecule has 2 amide bonds. The van der Waals surface area contributed by atoms with Crippen molar-refractivity contribution >= 4 is 40.8 Å². The van der Waals surface area contributed by atoms with Crippen molar-refractivity contribution < 1.29 is 14.1 Å². The molecule has 2 N–H and O–H groups in total. The van der Waals surface area contributed by atoms with Crippen molar-refractivity contribution in [3.63, 3.8) is 0 Å². The number of hydrogen-bond acceptors (Lipinski definition) is 6. The summed E-state index contributed by atoms with van der Waals surface area (Å²) in [5.74, 6) is 0.821. The van der Waals surface area contributed by atoms with Gasteiger partial charge in [0.05, 0.1) is 11.0 Å². The third-order valence-corrected chi connectivity index (χ3v) is 5.14. The Morgan fingerprint density at radius 1 is 1.19 bits per heavy atom. The Hall–Kier alpha value is -2.48. The molecule has 7 nitrogen and oxygen atoms in total. The van der Waals surface area contributed by atoms with Gasteiger partial charge in [0, 0.05) is 30.5 Å². The number of rotatable bonds is 9. The molecule has 27 heavy (non-hydrogen) atoms. The maximum atomic E-state index is 12.1. The molecule has 0 saturated carbocycles. The van der Waals surface area contributed by atoms with Crippen molar-refractivity contribution in [2.75, 3.05) is 34.4 Å². The molecule has 1 atom stereocenters. The number of anilines is 3. The lowest BCUT2D eigenvalue weighted by molar-refractivity contribution is -0.115. The van der Waals surface area contributed by atoms with E-state index in [0.29, 0.717) is 11.6 Å². The van der Waals surface area contributed by atoms with Crippen LogP contribution in [0.2, 0.25) is 0 Å². The average molecular weight is 391 g/mol. The van der Waals surface area contributed by atoms with E-state index >= 15 is 0 Å². The van der Waals surface area contributed by atoms with Crippen LogP contribution in [0, 0.1) is 6.92 Å². The number of carbonyl (C=O) groups is 2. The van der Waals surface area contributed by atoms with Crippen LogP contribution in [-0.2, 0) is 9.59 Å². The highest BCUT2D eigenvalue weighted by Crippen LogP contribution is 2.19. The largest absolute Gasteiger partial charge is 0.372 e. The van der Waals surface area contributed by atoms with Crippen LogP contribution in [-0.4, -0.2) is 41.1 Å². The van der Waals surface area contributed by atoms with Crippen LogP contribution < -0.4 is 15.5 Å². The molecule has 0 spiro atoms. The number of aromatic nitrogens is 1. The summed E-state index contributed by atoms with van der Waals surface area (Å²) in [6.45, 7) is 9.59. The van der Waals surface area contributed by atoms with E-state index in [9.17, 15) is 9.59 Å². The van der Waals surface area contributed by atoms with Gasteiger partial charge < -0.3 is 20.1 Å². The second-order valence-corrected chi connectivity index (χ2v) is 7.36. The molecule has 0 fully saturated rings. The van der Waals surface area contributed by atoms with Gasteiger partial charge >= 0.3 is 0 Å². The van der Waals surface area contributed by atoms with E-state index in [1.54, 1.807) is 19.9 Å². The molecular weight excluding hydrogens is 364 g/mol. The maximum Gasteiger partial charge on any atom is 0.238 e. The molecule has 0 saturated heterocycles. The zero-order valence-electron chi connectivity index (χ0n) is 16.1. The Kier molecular flexibility index (Phi) is 7.72. The van der Waals surface area contributed by atoms with Crippen LogP contribution in [0.15, 0.2) is 34.9 Å². The number of nitrogens with one attached hydrogen (secondary N) is 2. The maximum absolute atomic E-state index is 12.1. The first-order valence-corrected chi connectivity index (χ1v) is 9.98. The first kappa shape index (κ1) is 20.8. The third-order valence-electron chi connectivity index (χ3n) is 3.99. The third kappa shape index (κ3) is 6.32.